The van der Waals surface area contributed by atoms with Crippen LogP contribution < -0.4 is 5.73 Å². The number of carbonyl (C=O) groups is 1. The van der Waals surface area contributed by atoms with E-state index in [0.29, 0.717) is 0 Å². The Morgan fingerprint density at radius 1 is 1.25 bits per heavy atom. The lowest BCUT2D eigenvalue weighted by Crippen LogP contribution is -2.47. The third kappa shape index (κ3) is 2.73. The molecule has 1 atom stereocenters. The Bertz CT molecular complexity index is 844. The molecule has 0 bridgehead atoms. The average Bonchev–Trinajstić information content (AvgIpc) is 2.55. The van der Waals surface area contributed by atoms with Gasteiger partial charge in [0.25, 0.3) is 0 Å². The van der Waals surface area contributed by atoms with Gasteiger partial charge in [-0.3, -0.25) is 9.69 Å². The second-order valence-corrected chi connectivity index (χ2v) is 6.47. The van der Waals surface area contributed by atoms with Crippen molar-refractivity contribution in [2.75, 3.05) is 7.05 Å². The maximum atomic E-state index is 12.2. The van der Waals surface area contributed by atoms with E-state index in [1.807, 2.05) is 50.2 Å². The molecular weight excluding hydrogens is 302 g/mol. The van der Waals surface area contributed by atoms with Crippen LogP contribution in [0.4, 0.5) is 0 Å². The molecule has 2 aromatic rings. The van der Waals surface area contributed by atoms with Gasteiger partial charge in [0.1, 0.15) is 5.75 Å². The number of hydrogen-bond acceptors (Lipinski definition) is 4. The topological polar surface area (TPSA) is 78.9 Å². The minimum Gasteiger partial charge on any atom is -0.507 e. The molecule has 0 radical (unpaired) electrons. The van der Waals surface area contributed by atoms with Gasteiger partial charge in [-0.05, 0) is 43.2 Å². The zero-order valence-electron chi connectivity index (χ0n) is 14.1. The van der Waals surface area contributed by atoms with Gasteiger partial charge in [0.15, 0.2) is 5.96 Å². The van der Waals surface area contributed by atoms with Gasteiger partial charge >= 0.3 is 0 Å². The van der Waals surface area contributed by atoms with E-state index in [1.54, 1.807) is 13.1 Å². The molecule has 0 fully saturated rings. The summed E-state index contributed by atoms with van der Waals surface area (Å²) in [6.07, 6.45) is 0.257. The van der Waals surface area contributed by atoms with Crippen LogP contribution in [0.5, 0.6) is 5.75 Å². The van der Waals surface area contributed by atoms with Crippen molar-refractivity contribution in [2.45, 2.75) is 25.8 Å². The summed E-state index contributed by atoms with van der Waals surface area (Å²) >= 11 is 0. The number of aromatic hydroxyl groups is 1. The van der Waals surface area contributed by atoms with Crippen LogP contribution in [0.1, 0.15) is 24.5 Å². The maximum Gasteiger partial charge on any atom is 0.231 e. The molecule has 2 aromatic carbocycles. The summed E-state index contributed by atoms with van der Waals surface area (Å²) < 4.78 is 0. The number of benzene rings is 2. The largest absolute Gasteiger partial charge is 0.507 e. The number of guanidine groups is 1. The molecule has 24 heavy (non-hydrogen) atoms. The van der Waals surface area contributed by atoms with Crippen LogP contribution in [-0.4, -0.2) is 28.9 Å². The lowest BCUT2D eigenvalue weighted by molar-refractivity contribution is -0.128. The second kappa shape index (κ2) is 5.67. The molecule has 3 rings (SSSR count). The van der Waals surface area contributed by atoms with Crippen molar-refractivity contribution in [2.24, 2.45) is 10.7 Å². The lowest BCUT2D eigenvalue weighted by atomic mass is 9.86. The standard InChI is InChI=1S/C19H21N3O2/c1-12-7-8-16(23)15(9-12)13-5-4-6-14(10-13)19(2)11-17(24)22(3)18(20)21-19/h4-10,23H,11H2,1-3H3,(H2,20,21)/t19-/m0/s1. The van der Waals surface area contributed by atoms with Gasteiger partial charge in [-0.1, -0.05) is 29.8 Å². The predicted molar refractivity (Wildman–Crippen MR) is 94.6 cm³/mol. The Kier molecular flexibility index (Phi) is 3.79. The van der Waals surface area contributed by atoms with Gasteiger partial charge in [-0.25, -0.2) is 4.99 Å². The van der Waals surface area contributed by atoms with Crippen LogP contribution in [0.2, 0.25) is 0 Å². The minimum absolute atomic E-state index is 0.0613. The molecule has 1 aliphatic heterocycles. The number of phenols is 1. The number of hydrogen-bond donors (Lipinski definition) is 2. The first-order valence-corrected chi connectivity index (χ1v) is 7.82. The quantitative estimate of drug-likeness (QED) is 0.892. The molecule has 0 saturated heterocycles. The van der Waals surface area contributed by atoms with Crippen LogP contribution in [0.15, 0.2) is 47.5 Å². The highest BCUT2D eigenvalue weighted by atomic mass is 16.3. The van der Waals surface area contributed by atoms with E-state index < -0.39 is 5.54 Å². The number of nitrogens with zero attached hydrogens (tertiary/aromatic N) is 2. The summed E-state index contributed by atoms with van der Waals surface area (Å²) in [5, 5.41) is 10.2. The summed E-state index contributed by atoms with van der Waals surface area (Å²) in [4.78, 5) is 18.1. The number of rotatable bonds is 2. The fourth-order valence-electron chi connectivity index (χ4n) is 2.98. The summed E-state index contributed by atoms with van der Waals surface area (Å²) in [6, 6.07) is 13.2. The summed E-state index contributed by atoms with van der Waals surface area (Å²) in [5.41, 5.74) is 8.79. The molecule has 1 aliphatic rings. The number of amides is 1. The van der Waals surface area contributed by atoms with E-state index in [1.165, 1.54) is 4.90 Å². The molecule has 1 amide bonds. The highest BCUT2D eigenvalue weighted by molar-refractivity contribution is 5.98. The SMILES string of the molecule is Cc1ccc(O)c(-c2cccc([C@]3(C)CC(=O)N(C)C(N)=N3)c2)c1. The molecule has 0 saturated carbocycles. The molecule has 0 aromatic heterocycles. The first-order chi connectivity index (χ1) is 11.3. The number of phenolic OH excluding ortho intramolecular Hbond substituents is 1. The van der Waals surface area contributed by atoms with Crippen LogP contribution in [0.25, 0.3) is 11.1 Å². The molecule has 124 valence electrons. The molecule has 5 heteroatoms. The van der Waals surface area contributed by atoms with Gasteiger partial charge in [0.2, 0.25) is 5.91 Å². The van der Waals surface area contributed by atoms with Crippen molar-refractivity contribution < 1.29 is 9.90 Å². The second-order valence-electron chi connectivity index (χ2n) is 6.47. The van der Waals surface area contributed by atoms with Crippen molar-refractivity contribution >= 4 is 11.9 Å². The molecule has 5 nitrogen and oxygen atoms in total. The first kappa shape index (κ1) is 16.1. The number of nitrogens with two attached hydrogens (primary N) is 1. The van der Waals surface area contributed by atoms with E-state index in [0.717, 1.165) is 22.3 Å². The molecular formula is C19H21N3O2. The maximum absolute atomic E-state index is 12.2. The van der Waals surface area contributed by atoms with Gasteiger partial charge < -0.3 is 10.8 Å². The summed E-state index contributed by atoms with van der Waals surface area (Å²) in [6.45, 7) is 3.88. The molecule has 0 spiro atoms. The van der Waals surface area contributed by atoms with Crippen molar-refractivity contribution in [3.8, 4) is 16.9 Å². The van der Waals surface area contributed by atoms with Crippen LogP contribution >= 0.6 is 0 Å². The highest BCUT2D eigenvalue weighted by Gasteiger charge is 2.36. The molecule has 0 unspecified atom stereocenters. The van der Waals surface area contributed by atoms with Crippen LogP contribution in [0, 0.1) is 6.92 Å². The number of carbonyl (C=O) groups excluding carboxylic acids is 1. The van der Waals surface area contributed by atoms with Gasteiger partial charge in [-0.15, -0.1) is 0 Å². The van der Waals surface area contributed by atoms with E-state index in [9.17, 15) is 9.90 Å². The van der Waals surface area contributed by atoms with E-state index >= 15 is 0 Å². The number of aliphatic imine (C=N–C) groups is 1. The normalized spacial score (nSPS) is 20.9. The third-order valence-electron chi connectivity index (χ3n) is 4.52. The molecule has 1 heterocycles. The average molecular weight is 323 g/mol. The Hall–Kier alpha value is -2.82. The molecule has 0 aliphatic carbocycles. The van der Waals surface area contributed by atoms with Crippen molar-refractivity contribution in [3.63, 3.8) is 0 Å². The Morgan fingerprint density at radius 3 is 2.71 bits per heavy atom. The fourth-order valence-corrected chi connectivity index (χ4v) is 2.98. The van der Waals surface area contributed by atoms with Crippen LogP contribution in [-0.2, 0) is 10.3 Å². The first-order valence-electron chi connectivity index (χ1n) is 7.82. The lowest BCUT2D eigenvalue weighted by Gasteiger charge is -2.33. The van der Waals surface area contributed by atoms with Gasteiger partial charge in [-0.2, -0.15) is 0 Å². The van der Waals surface area contributed by atoms with Gasteiger partial charge in [0, 0.05) is 12.6 Å². The van der Waals surface area contributed by atoms with Gasteiger partial charge in [0.05, 0.1) is 12.0 Å². The Balaban J connectivity index is 2.08. The van der Waals surface area contributed by atoms with E-state index in [2.05, 4.69) is 4.99 Å². The Labute approximate surface area is 141 Å². The fraction of sp³-hybridized carbons (Fsp3) is 0.263. The van der Waals surface area contributed by atoms with Crippen LogP contribution in [0.3, 0.4) is 0 Å². The summed E-state index contributed by atoms with van der Waals surface area (Å²) in [7, 11) is 1.63. The smallest absolute Gasteiger partial charge is 0.231 e. The Morgan fingerprint density at radius 2 is 2.00 bits per heavy atom. The third-order valence-corrected chi connectivity index (χ3v) is 4.52. The number of aryl methyl sites for hydroxylation is 1. The zero-order chi connectivity index (χ0) is 17.5. The summed E-state index contributed by atoms with van der Waals surface area (Å²) in [5.74, 6) is 0.386. The monoisotopic (exact) mass is 323 g/mol. The van der Waals surface area contributed by atoms with Crippen molar-refractivity contribution in [3.05, 3.63) is 53.6 Å². The van der Waals surface area contributed by atoms with Crippen molar-refractivity contribution in [1.29, 1.82) is 0 Å². The van der Waals surface area contributed by atoms with Crippen molar-refractivity contribution in [1.82, 2.24) is 4.90 Å². The van der Waals surface area contributed by atoms with E-state index in [4.69, 9.17) is 5.73 Å². The highest BCUT2D eigenvalue weighted by Crippen LogP contribution is 2.37. The zero-order valence-corrected chi connectivity index (χ0v) is 14.1. The van der Waals surface area contributed by atoms with E-state index in [-0.39, 0.29) is 24.0 Å². The minimum atomic E-state index is -0.705. The predicted octanol–water partition coefficient (Wildman–Crippen LogP) is 2.76. The molecule has 3 N–H and O–H groups in total.